The summed E-state index contributed by atoms with van der Waals surface area (Å²) < 4.78 is 0. The van der Waals surface area contributed by atoms with Crippen LogP contribution in [0.1, 0.15) is 48.7 Å². The molecule has 0 radical (unpaired) electrons. The largest absolute Gasteiger partial charge is 0.310 e. The van der Waals surface area contributed by atoms with Crippen molar-refractivity contribution in [2.75, 3.05) is 0 Å². The normalized spacial score (nSPS) is 15.0. The summed E-state index contributed by atoms with van der Waals surface area (Å²) in [5.74, 6) is 0.695. The fourth-order valence-corrected chi connectivity index (χ4v) is 3.44. The SMILES string of the molecule is Cc1ccncc1-c1nc(C2CC2)c(CNC(C)C)s1. The molecule has 1 N–H and O–H groups in total. The zero-order valence-corrected chi connectivity index (χ0v) is 13.1. The maximum Gasteiger partial charge on any atom is 0.125 e. The Hall–Kier alpha value is -1.26. The van der Waals surface area contributed by atoms with E-state index in [0.29, 0.717) is 12.0 Å². The first-order chi connectivity index (χ1) is 9.65. The average molecular weight is 287 g/mol. The Morgan fingerprint density at radius 2 is 2.20 bits per heavy atom. The van der Waals surface area contributed by atoms with Gasteiger partial charge in [-0.1, -0.05) is 13.8 Å². The van der Waals surface area contributed by atoms with E-state index in [1.165, 1.54) is 34.5 Å². The van der Waals surface area contributed by atoms with E-state index in [0.717, 1.165) is 11.6 Å². The fraction of sp³-hybridized carbons (Fsp3) is 0.500. The lowest BCUT2D eigenvalue weighted by Gasteiger charge is -2.07. The molecule has 2 aromatic rings. The van der Waals surface area contributed by atoms with Crippen LogP contribution in [-0.4, -0.2) is 16.0 Å². The highest BCUT2D eigenvalue weighted by Gasteiger charge is 2.29. The van der Waals surface area contributed by atoms with Crippen LogP contribution in [0.3, 0.4) is 0 Å². The van der Waals surface area contributed by atoms with Gasteiger partial charge in [-0.2, -0.15) is 0 Å². The highest BCUT2D eigenvalue weighted by Crippen LogP contribution is 2.44. The number of hydrogen-bond donors (Lipinski definition) is 1. The van der Waals surface area contributed by atoms with Crippen LogP contribution in [0.2, 0.25) is 0 Å². The summed E-state index contributed by atoms with van der Waals surface area (Å²) in [5, 5.41) is 4.64. The average Bonchev–Trinajstić information content (AvgIpc) is 3.18. The van der Waals surface area contributed by atoms with E-state index in [-0.39, 0.29) is 0 Å². The lowest BCUT2D eigenvalue weighted by Crippen LogP contribution is -2.21. The molecule has 0 unspecified atom stereocenters. The Labute approximate surface area is 124 Å². The van der Waals surface area contributed by atoms with Crippen LogP contribution in [0.25, 0.3) is 10.6 Å². The molecule has 20 heavy (non-hydrogen) atoms. The molecule has 1 aliphatic rings. The van der Waals surface area contributed by atoms with Crippen LogP contribution in [0, 0.1) is 6.92 Å². The quantitative estimate of drug-likeness (QED) is 0.906. The molecule has 3 rings (SSSR count). The number of nitrogens with one attached hydrogen (secondary N) is 1. The second kappa shape index (κ2) is 5.62. The standard InChI is InChI=1S/C16H21N3S/c1-10(2)18-9-14-15(12-4-5-12)19-16(20-14)13-8-17-7-6-11(13)3/h6-8,10,12,18H,4-5,9H2,1-3H3. The Bertz CT molecular complexity index is 600. The second-order valence-corrected chi connectivity index (χ2v) is 6.91. The Balaban J connectivity index is 1.93. The number of rotatable bonds is 5. The fourth-order valence-electron chi connectivity index (χ4n) is 2.27. The van der Waals surface area contributed by atoms with Crippen molar-refractivity contribution in [1.82, 2.24) is 15.3 Å². The molecular formula is C16H21N3S. The molecular weight excluding hydrogens is 266 g/mol. The minimum absolute atomic E-state index is 0.507. The van der Waals surface area contributed by atoms with Crippen LogP contribution in [-0.2, 0) is 6.54 Å². The molecule has 0 atom stereocenters. The molecule has 2 aromatic heterocycles. The monoisotopic (exact) mass is 287 g/mol. The van der Waals surface area contributed by atoms with Gasteiger partial charge < -0.3 is 5.32 Å². The molecule has 0 saturated heterocycles. The molecule has 106 valence electrons. The number of nitrogens with zero attached hydrogens (tertiary/aromatic N) is 2. The first-order valence-corrected chi connectivity index (χ1v) is 8.10. The van der Waals surface area contributed by atoms with Crippen molar-refractivity contribution in [2.45, 2.75) is 52.1 Å². The Morgan fingerprint density at radius 3 is 2.85 bits per heavy atom. The summed E-state index contributed by atoms with van der Waals surface area (Å²) in [6, 6.07) is 2.56. The molecule has 0 aliphatic heterocycles. The van der Waals surface area contributed by atoms with E-state index < -0.39 is 0 Å². The van der Waals surface area contributed by atoms with Gasteiger partial charge in [0.2, 0.25) is 0 Å². The highest BCUT2D eigenvalue weighted by atomic mass is 32.1. The molecule has 1 aliphatic carbocycles. The molecule has 2 heterocycles. The van der Waals surface area contributed by atoms with E-state index in [2.05, 4.69) is 37.1 Å². The van der Waals surface area contributed by atoms with Crippen LogP contribution >= 0.6 is 11.3 Å². The van der Waals surface area contributed by atoms with Gasteiger partial charge in [0.1, 0.15) is 5.01 Å². The van der Waals surface area contributed by atoms with Crippen LogP contribution < -0.4 is 5.32 Å². The van der Waals surface area contributed by atoms with Crippen molar-refractivity contribution in [3.63, 3.8) is 0 Å². The summed E-state index contributed by atoms with van der Waals surface area (Å²) in [5.41, 5.74) is 3.75. The van der Waals surface area contributed by atoms with Gasteiger partial charge in [0.05, 0.1) is 5.69 Å². The van der Waals surface area contributed by atoms with Crippen molar-refractivity contribution < 1.29 is 0 Å². The van der Waals surface area contributed by atoms with Gasteiger partial charge in [0, 0.05) is 41.3 Å². The Morgan fingerprint density at radius 1 is 1.40 bits per heavy atom. The third-order valence-corrected chi connectivity index (χ3v) is 4.74. The third kappa shape index (κ3) is 2.91. The van der Waals surface area contributed by atoms with Crippen molar-refractivity contribution in [1.29, 1.82) is 0 Å². The molecule has 0 bridgehead atoms. The van der Waals surface area contributed by atoms with Crippen molar-refractivity contribution >= 4 is 11.3 Å². The molecule has 0 amide bonds. The maximum absolute atomic E-state index is 4.92. The minimum atomic E-state index is 0.507. The lowest BCUT2D eigenvalue weighted by molar-refractivity contribution is 0.590. The van der Waals surface area contributed by atoms with Crippen LogP contribution in [0.5, 0.6) is 0 Å². The first kappa shape index (κ1) is 13.7. The van der Waals surface area contributed by atoms with Gasteiger partial charge in [-0.3, -0.25) is 4.98 Å². The van der Waals surface area contributed by atoms with Gasteiger partial charge in [-0.25, -0.2) is 4.98 Å². The van der Waals surface area contributed by atoms with Gasteiger partial charge in [-0.15, -0.1) is 11.3 Å². The van der Waals surface area contributed by atoms with Crippen LogP contribution in [0.4, 0.5) is 0 Å². The number of pyridine rings is 1. The van der Waals surface area contributed by atoms with Crippen molar-refractivity contribution in [3.8, 4) is 10.6 Å². The molecule has 3 nitrogen and oxygen atoms in total. The third-order valence-electron chi connectivity index (χ3n) is 3.63. The van der Waals surface area contributed by atoms with E-state index in [4.69, 9.17) is 4.98 Å². The van der Waals surface area contributed by atoms with Gasteiger partial charge >= 0.3 is 0 Å². The zero-order chi connectivity index (χ0) is 14.1. The Kier molecular flexibility index (Phi) is 3.85. The molecule has 0 aromatic carbocycles. The summed E-state index contributed by atoms with van der Waals surface area (Å²) >= 11 is 1.82. The second-order valence-electron chi connectivity index (χ2n) is 5.83. The van der Waals surface area contributed by atoms with E-state index in [1.807, 2.05) is 23.7 Å². The van der Waals surface area contributed by atoms with E-state index in [9.17, 15) is 0 Å². The molecule has 4 heteroatoms. The van der Waals surface area contributed by atoms with Crippen LogP contribution in [0.15, 0.2) is 18.5 Å². The molecule has 1 saturated carbocycles. The molecule has 0 spiro atoms. The smallest absolute Gasteiger partial charge is 0.125 e. The van der Waals surface area contributed by atoms with Gasteiger partial charge in [0.25, 0.3) is 0 Å². The summed E-state index contributed by atoms with van der Waals surface area (Å²) in [6.07, 6.45) is 6.37. The van der Waals surface area contributed by atoms with Crippen molar-refractivity contribution in [2.24, 2.45) is 0 Å². The summed E-state index contributed by atoms with van der Waals surface area (Å²) in [7, 11) is 0. The predicted molar refractivity (Wildman–Crippen MR) is 84.0 cm³/mol. The maximum atomic E-state index is 4.92. The first-order valence-electron chi connectivity index (χ1n) is 7.29. The predicted octanol–water partition coefficient (Wildman–Crippen LogP) is 3.89. The summed E-state index contributed by atoms with van der Waals surface area (Å²) in [4.78, 5) is 10.6. The van der Waals surface area contributed by atoms with Crippen molar-refractivity contribution in [3.05, 3.63) is 34.6 Å². The summed E-state index contributed by atoms with van der Waals surface area (Å²) in [6.45, 7) is 7.43. The highest BCUT2D eigenvalue weighted by molar-refractivity contribution is 7.15. The number of hydrogen-bond acceptors (Lipinski definition) is 4. The number of aromatic nitrogens is 2. The lowest BCUT2D eigenvalue weighted by atomic mass is 10.2. The van der Waals surface area contributed by atoms with E-state index >= 15 is 0 Å². The van der Waals surface area contributed by atoms with Gasteiger partial charge in [-0.05, 0) is 31.4 Å². The molecule has 1 fully saturated rings. The minimum Gasteiger partial charge on any atom is -0.310 e. The van der Waals surface area contributed by atoms with Gasteiger partial charge in [0.15, 0.2) is 0 Å². The topological polar surface area (TPSA) is 37.8 Å². The van der Waals surface area contributed by atoms with E-state index in [1.54, 1.807) is 0 Å². The zero-order valence-electron chi connectivity index (χ0n) is 12.3. The number of aryl methyl sites for hydroxylation is 1. The number of thiazole rings is 1.